The molecule has 2 aliphatic heterocycles. The minimum Gasteiger partial charge on any atom is -0.293 e. The van der Waals surface area contributed by atoms with E-state index in [1.165, 1.54) is 50.6 Å². The third-order valence-corrected chi connectivity index (χ3v) is 4.27. The molecule has 2 atom stereocenters. The number of piperidine rings is 2. The molecule has 0 radical (unpaired) electrons. The summed E-state index contributed by atoms with van der Waals surface area (Å²) in [7, 11) is 0. The van der Waals surface area contributed by atoms with Gasteiger partial charge in [0.15, 0.2) is 0 Å². The van der Waals surface area contributed by atoms with Crippen molar-refractivity contribution < 1.29 is 0 Å². The summed E-state index contributed by atoms with van der Waals surface area (Å²) in [6.07, 6.45) is 8.50. The Morgan fingerprint density at radius 1 is 0.875 bits per heavy atom. The highest BCUT2D eigenvalue weighted by atomic mass is 15.2. The fourth-order valence-corrected chi connectivity index (χ4v) is 3.49. The van der Waals surface area contributed by atoms with Crippen LogP contribution in [0.3, 0.4) is 0 Å². The van der Waals surface area contributed by atoms with Crippen LogP contribution in [-0.4, -0.2) is 17.5 Å². The topological polar surface area (TPSA) is 3.24 Å². The van der Waals surface area contributed by atoms with Crippen molar-refractivity contribution in [2.75, 3.05) is 6.54 Å². The summed E-state index contributed by atoms with van der Waals surface area (Å²) < 4.78 is 0. The Hall–Kier alpha value is -0.820. The Bertz CT molecular complexity index is 331. The Kier molecular flexibility index (Phi) is 2.96. The maximum Gasteiger partial charge on any atom is 0.0351 e. The van der Waals surface area contributed by atoms with Gasteiger partial charge in [0.25, 0.3) is 0 Å². The van der Waals surface area contributed by atoms with Crippen LogP contribution in [0.4, 0.5) is 0 Å². The van der Waals surface area contributed by atoms with Crippen LogP contribution in [0.1, 0.15) is 50.1 Å². The van der Waals surface area contributed by atoms with Crippen molar-refractivity contribution in [3.05, 3.63) is 35.9 Å². The number of hydrogen-bond acceptors (Lipinski definition) is 1. The average molecular weight is 215 g/mol. The van der Waals surface area contributed by atoms with Crippen LogP contribution in [0.2, 0.25) is 0 Å². The van der Waals surface area contributed by atoms with E-state index in [1.54, 1.807) is 0 Å². The van der Waals surface area contributed by atoms with Gasteiger partial charge < -0.3 is 0 Å². The molecule has 0 amide bonds. The lowest BCUT2D eigenvalue weighted by molar-refractivity contribution is 0.0518. The van der Waals surface area contributed by atoms with Crippen molar-refractivity contribution in [3.8, 4) is 0 Å². The predicted molar refractivity (Wildman–Crippen MR) is 67.4 cm³/mol. The molecule has 16 heavy (non-hydrogen) atoms. The molecule has 0 aromatic heterocycles. The van der Waals surface area contributed by atoms with E-state index in [2.05, 4.69) is 35.2 Å². The second-order valence-corrected chi connectivity index (χ2v) is 5.24. The molecule has 2 fully saturated rings. The predicted octanol–water partition coefficient (Wildman–Crippen LogP) is 3.77. The summed E-state index contributed by atoms with van der Waals surface area (Å²) in [5, 5.41) is 0. The second-order valence-electron chi connectivity index (χ2n) is 5.24. The SMILES string of the molecule is c1ccc([C@H]2CCC[C@H]3CCCCN32)cc1. The van der Waals surface area contributed by atoms with Gasteiger partial charge in [0.05, 0.1) is 0 Å². The maximum atomic E-state index is 2.78. The van der Waals surface area contributed by atoms with Gasteiger partial charge in [-0.3, -0.25) is 4.90 Å². The van der Waals surface area contributed by atoms with E-state index in [9.17, 15) is 0 Å². The number of nitrogens with zero attached hydrogens (tertiary/aromatic N) is 1. The van der Waals surface area contributed by atoms with E-state index in [-0.39, 0.29) is 0 Å². The zero-order valence-corrected chi connectivity index (χ0v) is 9.94. The molecule has 0 saturated carbocycles. The molecule has 2 aliphatic rings. The van der Waals surface area contributed by atoms with Crippen LogP contribution in [0.5, 0.6) is 0 Å². The van der Waals surface area contributed by atoms with Crippen LogP contribution in [-0.2, 0) is 0 Å². The van der Waals surface area contributed by atoms with Gasteiger partial charge in [0.1, 0.15) is 0 Å². The maximum absolute atomic E-state index is 2.78. The summed E-state index contributed by atoms with van der Waals surface area (Å²) >= 11 is 0. The highest BCUT2D eigenvalue weighted by Crippen LogP contribution is 2.38. The summed E-state index contributed by atoms with van der Waals surface area (Å²) in [6.45, 7) is 1.32. The number of hydrogen-bond donors (Lipinski definition) is 0. The Labute approximate surface area is 98.5 Å². The normalized spacial score (nSPS) is 31.0. The summed E-state index contributed by atoms with van der Waals surface area (Å²) in [5.41, 5.74) is 1.54. The van der Waals surface area contributed by atoms with Gasteiger partial charge in [-0.15, -0.1) is 0 Å². The summed E-state index contributed by atoms with van der Waals surface area (Å²) in [4.78, 5) is 2.78. The summed E-state index contributed by atoms with van der Waals surface area (Å²) in [6, 6.07) is 12.7. The summed E-state index contributed by atoms with van der Waals surface area (Å²) in [5.74, 6) is 0. The molecule has 0 spiro atoms. The van der Waals surface area contributed by atoms with E-state index < -0.39 is 0 Å². The lowest BCUT2D eigenvalue weighted by Crippen LogP contribution is -2.44. The van der Waals surface area contributed by atoms with E-state index in [1.807, 2.05) is 0 Å². The van der Waals surface area contributed by atoms with E-state index in [4.69, 9.17) is 0 Å². The van der Waals surface area contributed by atoms with Crippen molar-refractivity contribution in [2.24, 2.45) is 0 Å². The van der Waals surface area contributed by atoms with Gasteiger partial charge in [-0.05, 0) is 44.2 Å². The highest BCUT2D eigenvalue weighted by Gasteiger charge is 2.32. The molecule has 3 rings (SSSR count). The minimum absolute atomic E-state index is 0.709. The van der Waals surface area contributed by atoms with Gasteiger partial charge in [0, 0.05) is 12.1 Å². The first kappa shape index (κ1) is 10.3. The Morgan fingerprint density at radius 2 is 1.69 bits per heavy atom. The van der Waals surface area contributed by atoms with Crippen molar-refractivity contribution in [2.45, 2.75) is 50.6 Å². The minimum atomic E-state index is 0.709. The van der Waals surface area contributed by atoms with Crippen LogP contribution in [0, 0.1) is 0 Å². The van der Waals surface area contributed by atoms with E-state index in [0.29, 0.717) is 6.04 Å². The lowest BCUT2D eigenvalue weighted by Gasteiger charge is -2.45. The molecule has 1 aromatic rings. The molecular weight excluding hydrogens is 194 g/mol. The monoisotopic (exact) mass is 215 g/mol. The lowest BCUT2D eigenvalue weighted by atomic mass is 9.86. The Morgan fingerprint density at radius 3 is 2.56 bits per heavy atom. The molecule has 0 unspecified atom stereocenters. The van der Waals surface area contributed by atoms with Crippen LogP contribution in [0.15, 0.2) is 30.3 Å². The molecule has 0 N–H and O–H groups in total. The number of fused-ring (bicyclic) bond motifs is 1. The molecule has 0 bridgehead atoms. The molecular formula is C15H21N. The van der Waals surface area contributed by atoms with Gasteiger partial charge in [-0.2, -0.15) is 0 Å². The molecule has 1 aromatic carbocycles. The third-order valence-electron chi connectivity index (χ3n) is 4.27. The van der Waals surface area contributed by atoms with Crippen molar-refractivity contribution in [1.82, 2.24) is 4.90 Å². The van der Waals surface area contributed by atoms with Gasteiger partial charge in [0.2, 0.25) is 0 Å². The zero-order valence-electron chi connectivity index (χ0n) is 9.94. The number of benzene rings is 1. The molecule has 0 aliphatic carbocycles. The fourth-order valence-electron chi connectivity index (χ4n) is 3.49. The van der Waals surface area contributed by atoms with Crippen LogP contribution in [0.25, 0.3) is 0 Å². The zero-order chi connectivity index (χ0) is 10.8. The number of rotatable bonds is 1. The van der Waals surface area contributed by atoms with Crippen LogP contribution >= 0.6 is 0 Å². The third kappa shape index (κ3) is 1.89. The van der Waals surface area contributed by atoms with Gasteiger partial charge >= 0.3 is 0 Å². The second kappa shape index (κ2) is 4.58. The van der Waals surface area contributed by atoms with Crippen molar-refractivity contribution in [3.63, 3.8) is 0 Å². The largest absolute Gasteiger partial charge is 0.293 e. The van der Waals surface area contributed by atoms with Gasteiger partial charge in [-0.25, -0.2) is 0 Å². The van der Waals surface area contributed by atoms with Crippen LogP contribution < -0.4 is 0 Å². The van der Waals surface area contributed by atoms with E-state index >= 15 is 0 Å². The molecule has 1 heteroatoms. The standard InChI is InChI=1S/C15H21N/c1-2-7-13(8-3-1)15-11-6-10-14-9-4-5-12-16(14)15/h1-3,7-8,14-15H,4-6,9-12H2/t14-,15-/m1/s1. The van der Waals surface area contributed by atoms with Gasteiger partial charge in [-0.1, -0.05) is 36.8 Å². The molecule has 2 saturated heterocycles. The smallest absolute Gasteiger partial charge is 0.0351 e. The highest BCUT2D eigenvalue weighted by molar-refractivity contribution is 5.20. The Balaban J connectivity index is 1.83. The average Bonchev–Trinajstić information content (AvgIpc) is 2.39. The van der Waals surface area contributed by atoms with Crippen molar-refractivity contribution >= 4 is 0 Å². The quantitative estimate of drug-likeness (QED) is 0.689. The van der Waals surface area contributed by atoms with Crippen molar-refractivity contribution in [1.29, 1.82) is 0 Å². The first-order valence-electron chi connectivity index (χ1n) is 6.76. The first-order chi connectivity index (χ1) is 7.95. The molecule has 2 heterocycles. The fraction of sp³-hybridized carbons (Fsp3) is 0.600. The van der Waals surface area contributed by atoms with E-state index in [0.717, 1.165) is 6.04 Å². The molecule has 86 valence electrons. The molecule has 1 nitrogen and oxygen atoms in total. The first-order valence-corrected chi connectivity index (χ1v) is 6.76.